The summed E-state index contributed by atoms with van der Waals surface area (Å²) < 4.78 is 65.7. The molecule has 0 fully saturated rings. The Kier molecular flexibility index (Phi) is 14.6. The first-order valence-corrected chi connectivity index (χ1v) is 10.7. The SMILES string of the molecule is Cc1ccc(-c2cc(C(F)(F)F)nn2-c2ccc(S(=O)(=O)NOC(C)(C)[C-]=O)cc2)cc1.O.[Na+].[Na+].[O-2]. The summed E-state index contributed by atoms with van der Waals surface area (Å²) in [4.78, 5) is 17.2. The van der Waals surface area contributed by atoms with Gasteiger partial charge in [-0.3, -0.25) is 0 Å². The molecule has 0 bridgehead atoms. The van der Waals surface area contributed by atoms with Crippen molar-refractivity contribution in [1.29, 1.82) is 0 Å². The molecule has 0 aliphatic rings. The third-order valence-electron chi connectivity index (χ3n) is 4.39. The van der Waals surface area contributed by atoms with E-state index in [2.05, 4.69) is 5.10 Å². The number of hydrogen-bond donors (Lipinski definition) is 1. The van der Waals surface area contributed by atoms with Gasteiger partial charge in [0.05, 0.1) is 16.3 Å². The van der Waals surface area contributed by atoms with Gasteiger partial charge in [-0.2, -0.15) is 18.3 Å². The number of aromatic nitrogens is 2. The van der Waals surface area contributed by atoms with Crippen LogP contribution in [0.3, 0.4) is 0 Å². The van der Waals surface area contributed by atoms with E-state index in [0.29, 0.717) is 5.56 Å². The predicted molar refractivity (Wildman–Crippen MR) is 114 cm³/mol. The Morgan fingerprint density at radius 3 is 2.00 bits per heavy atom. The Morgan fingerprint density at radius 1 is 1.00 bits per heavy atom. The molecule has 0 atom stereocenters. The number of carbonyl (C=O) groups excluding carboxylic acids is 1. The molecule has 9 nitrogen and oxygen atoms in total. The van der Waals surface area contributed by atoms with E-state index < -0.39 is 27.5 Å². The molecule has 1 aromatic heterocycles. The smallest absolute Gasteiger partial charge is 1.00 e. The summed E-state index contributed by atoms with van der Waals surface area (Å²) >= 11 is 0. The molecule has 186 valence electrons. The van der Waals surface area contributed by atoms with Gasteiger partial charge in [0.25, 0.3) is 10.0 Å². The maximum Gasteiger partial charge on any atom is 1.00 e. The molecule has 36 heavy (non-hydrogen) atoms. The first kappa shape index (κ1) is 37.1. The van der Waals surface area contributed by atoms with Crippen molar-refractivity contribution in [3.63, 3.8) is 0 Å². The zero-order valence-corrected chi connectivity index (χ0v) is 25.0. The number of aryl methyl sites for hydroxylation is 1. The molecule has 0 saturated carbocycles. The van der Waals surface area contributed by atoms with Gasteiger partial charge < -0.3 is 20.6 Å². The van der Waals surface area contributed by atoms with Crippen LogP contribution in [-0.4, -0.2) is 35.6 Å². The Hall–Kier alpha value is -1.10. The first-order chi connectivity index (χ1) is 14.8. The van der Waals surface area contributed by atoms with Crippen LogP contribution in [-0.2, 0) is 31.3 Å². The standard InChI is InChI=1S/C21H19F3N3O4S.2Na.H2O.O/c1-14-4-6-15(7-5-14)18-12-19(21(22,23)24)25-27(18)16-8-10-17(11-9-16)32(29,30)26-31-20(2,3)13-28;;;;/h4-12,26H,1-3H3;;;1H2;/q-1;2*+1;;-2. The van der Waals surface area contributed by atoms with Crippen LogP contribution in [0.1, 0.15) is 25.1 Å². The fourth-order valence-electron chi connectivity index (χ4n) is 2.64. The van der Waals surface area contributed by atoms with E-state index in [1.807, 2.05) is 11.8 Å². The average Bonchev–Trinajstić information content (AvgIpc) is 3.19. The monoisotopic (exact) mass is 546 g/mol. The van der Waals surface area contributed by atoms with Gasteiger partial charge in [0.2, 0.25) is 0 Å². The van der Waals surface area contributed by atoms with E-state index >= 15 is 0 Å². The summed E-state index contributed by atoms with van der Waals surface area (Å²) in [6.45, 7) is 4.48. The van der Waals surface area contributed by atoms with Gasteiger partial charge in [0.15, 0.2) is 5.69 Å². The number of alkyl halides is 3. The van der Waals surface area contributed by atoms with Crippen LogP contribution in [0.5, 0.6) is 0 Å². The molecular weight excluding hydrogens is 525 g/mol. The Labute approximate surface area is 250 Å². The summed E-state index contributed by atoms with van der Waals surface area (Å²) in [6, 6.07) is 12.8. The first-order valence-electron chi connectivity index (χ1n) is 9.26. The van der Waals surface area contributed by atoms with Crippen molar-refractivity contribution in [2.45, 2.75) is 37.4 Å². The maximum absolute atomic E-state index is 13.3. The summed E-state index contributed by atoms with van der Waals surface area (Å²) in [7, 11) is -4.15. The molecule has 0 saturated heterocycles. The summed E-state index contributed by atoms with van der Waals surface area (Å²) in [6.07, 6.45) is -3.12. The second kappa shape index (κ2) is 14.2. The third kappa shape index (κ3) is 9.03. The number of rotatable bonds is 7. The molecule has 0 spiro atoms. The number of nitrogens with zero attached hydrogens (tertiary/aromatic N) is 2. The zero-order chi connectivity index (χ0) is 23.7. The minimum atomic E-state index is -4.66. The van der Waals surface area contributed by atoms with Gasteiger partial charge in [-0.05, 0) is 42.9 Å². The van der Waals surface area contributed by atoms with E-state index in [1.165, 1.54) is 44.4 Å². The van der Waals surface area contributed by atoms with E-state index in [4.69, 9.17) is 4.84 Å². The van der Waals surface area contributed by atoms with Crippen LogP contribution in [0.4, 0.5) is 13.2 Å². The van der Waals surface area contributed by atoms with E-state index in [9.17, 15) is 26.4 Å². The van der Waals surface area contributed by atoms with Crippen molar-refractivity contribution < 1.29 is 101 Å². The van der Waals surface area contributed by atoms with Crippen LogP contribution >= 0.6 is 0 Å². The van der Waals surface area contributed by atoms with Gasteiger partial charge in [-0.25, -0.2) is 19.4 Å². The van der Waals surface area contributed by atoms with E-state index in [0.717, 1.165) is 16.3 Å². The molecule has 3 N–H and O–H groups in total. The van der Waals surface area contributed by atoms with Crippen molar-refractivity contribution in [3.8, 4) is 16.9 Å². The van der Waals surface area contributed by atoms with E-state index in [-0.39, 0.29) is 86.3 Å². The molecule has 0 unspecified atom stereocenters. The van der Waals surface area contributed by atoms with Gasteiger partial charge in [0.1, 0.15) is 0 Å². The number of halogens is 3. The molecule has 0 aliphatic heterocycles. The molecule has 1 heterocycles. The van der Waals surface area contributed by atoms with Crippen molar-refractivity contribution in [1.82, 2.24) is 14.7 Å². The van der Waals surface area contributed by atoms with Crippen LogP contribution in [0.15, 0.2) is 59.5 Å². The van der Waals surface area contributed by atoms with Crippen LogP contribution in [0, 0.1) is 6.92 Å². The van der Waals surface area contributed by atoms with Gasteiger partial charge >= 0.3 is 65.3 Å². The Balaban J connectivity index is 0. The predicted octanol–water partition coefficient (Wildman–Crippen LogP) is -2.97. The molecule has 3 aromatic rings. The molecule has 15 heteroatoms. The maximum atomic E-state index is 13.3. The topological polar surface area (TPSA) is 150 Å². The fourth-order valence-corrected chi connectivity index (χ4v) is 3.55. The van der Waals surface area contributed by atoms with Gasteiger partial charge in [0, 0.05) is 5.56 Å². The van der Waals surface area contributed by atoms with Gasteiger partial charge in [-0.15, -0.1) is 0 Å². The number of hydrogen-bond acceptors (Lipinski definition) is 5. The van der Waals surface area contributed by atoms with Crippen LogP contribution in [0.2, 0.25) is 0 Å². The minimum Gasteiger partial charge on any atom is -2.00 e. The summed E-state index contributed by atoms with van der Waals surface area (Å²) in [5.74, 6) is 0. The second-order valence-corrected chi connectivity index (χ2v) is 9.13. The van der Waals surface area contributed by atoms with Gasteiger partial charge in [-0.1, -0.05) is 48.6 Å². The molecule has 3 rings (SSSR count). The second-order valence-electron chi connectivity index (χ2n) is 7.49. The minimum absolute atomic E-state index is 0. The normalized spacial score (nSPS) is 11.3. The molecule has 2 aromatic carbocycles. The van der Waals surface area contributed by atoms with Crippen LogP contribution < -0.4 is 64.0 Å². The number of benzene rings is 2. The Morgan fingerprint density at radius 2 is 1.53 bits per heavy atom. The fraction of sp³-hybridized carbons (Fsp3) is 0.238. The quantitative estimate of drug-likeness (QED) is 0.191. The molecule has 0 amide bonds. The van der Waals surface area contributed by atoms with Crippen molar-refractivity contribution in [2.75, 3.05) is 0 Å². The van der Waals surface area contributed by atoms with Crippen molar-refractivity contribution in [2.24, 2.45) is 0 Å². The van der Waals surface area contributed by atoms with Crippen molar-refractivity contribution >= 4 is 16.3 Å². The summed E-state index contributed by atoms with van der Waals surface area (Å²) in [5, 5.41) is 3.68. The molecular formula is C21H21F3N3Na2O6S-. The van der Waals surface area contributed by atoms with Crippen molar-refractivity contribution in [3.05, 3.63) is 65.9 Å². The average molecular weight is 546 g/mol. The molecule has 0 radical (unpaired) electrons. The number of nitrogens with one attached hydrogen (secondary N) is 1. The third-order valence-corrected chi connectivity index (χ3v) is 5.59. The Bertz CT molecular complexity index is 1230. The number of sulfonamides is 1. The van der Waals surface area contributed by atoms with E-state index in [1.54, 1.807) is 24.3 Å². The zero-order valence-electron chi connectivity index (χ0n) is 20.2. The van der Waals surface area contributed by atoms with Crippen LogP contribution in [0.25, 0.3) is 16.9 Å². The molecule has 0 aliphatic carbocycles. The summed E-state index contributed by atoms with van der Waals surface area (Å²) in [5.41, 5.74) is -0.713. The largest absolute Gasteiger partial charge is 2.00 e.